The highest BCUT2D eigenvalue weighted by molar-refractivity contribution is 5.05. The molecule has 5 atom stereocenters. The molecule has 0 aromatic carbocycles. The zero-order valence-electron chi connectivity index (χ0n) is 11.4. The first-order chi connectivity index (χ1) is 7.96. The summed E-state index contributed by atoms with van der Waals surface area (Å²) in [4.78, 5) is 0. The fourth-order valence-electron chi connectivity index (χ4n) is 4.54. The number of hydrogen-bond donors (Lipinski definition) is 1. The molecular weight excluding hydrogens is 212 g/mol. The summed E-state index contributed by atoms with van der Waals surface area (Å²) in [5.41, 5.74) is 0.670. The Balaban J connectivity index is 1.76. The standard InChI is InChI=1S/C15H26O2/c1-14(2)8-11-10(9-16)4-5-13-15(3,17-13)7-6-12(11)14/h10-13,16H,4-9H2,1-3H3/t10-,11-,12-,13-,15-/m1/s1. The van der Waals surface area contributed by atoms with Crippen molar-refractivity contribution in [3.05, 3.63) is 0 Å². The Morgan fingerprint density at radius 2 is 1.94 bits per heavy atom. The molecule has 2 nitrogen and oxygen atoms in total. The molecule has 0 spiro atoms. The second-order valence-electron chi connectivity index (χ2n) is 7.44. The highest BCUT2D eigenvalue weighted by Gasteiger charge is 2.56. The van der Waals surface area contributed by atoms with Gasteiger partial charge in [0.2, 0.25) is 0 Å². The van der Waals surface area contributed by atoms with Crippen LogP contribution in [0.1, 0.15) is 52.9 Å². The normalized spacial score (nSPS) is 52.2. The average molecular weight is 238 g/mol. The van der Waals surface area contributed by atoms with Gasteiger partial charge in [-0.2, -0.15) is 0 Å². The minimum absolute atomic E-state index is 0.181. The number of fused-ring (bicyclic) bond motifs is 2. The fourth-order valence-corrected chi connectivity index (χ4v) is 4.54. The van der Waals surface area contributed by atoms with E-state index in [0.29, 0.717) is 24.0 Å². The SMILES string of the molecule is CC1(C)C[C@@H]2[C@@H](CO)CC[C@H]3O[C@]3(C)CC[C@H]21. The zero-order chi connectivity index (χ0) is 12.3. The van der Waals surface area contributed by atoms with Crippen LogP contribution in [0.5, 0.6) is 0 Å². The molecule has 1 heterocycles. The lowest BCUT2D eigenvalue weighted by Gasteiger charge is -2.55. The Kier molecular flexibility index (Phi) is 2.61. The molecule has 1 saturated heterocycles. The van der Waals surface area contributed by atoms with Gasteiger partial charge in [-0.25, -0.2) is 0 Å². The van der Waals surface area contributed by atoms with Crippen LogP contribution in [0.15, 0.2) is 0 Å². The quantitative estimate of drug-likeness (QED) is 0.712. The summed E-state index contributed by atoms with van der Waals surface area (Å²) >= 11 is 0. The van der Waals surface area contributed by atoms with Crippen LogP contribution in [-0.2, 0) is 4.74 Å². The van der Waals surface area contributed by atoms with Gasteiger partial charge in [0.1, 0.15) is 0 Å². The van der Waals surface area contributed by atoms with Gasteiger partial charge in [-0.05, 0) is 62.2 Å². The van der Waals surface area contributed by atoms with Crippen LogP contribution in [0.2, 0.25) is 0 Å². The molecule has 0 radical (unpaired) electrons. The largest absolute Gasteiger partial charge is 0.396 e. The molecular formula is C15H26O2. The van der Waals surface area contributed by atoms with Crippen molar-refractivity contribution in [2.75, 3.05) is 6.61 Å². The minimum atomic E-state index is 0.181. The van der Waals surface area contributed by atoms with Gasteiger partial charge in [-0.15, -0.1) is 0 Å². The van der Waals surface area contributed by atoms with Crippen molar-refractivity contribution in [3.63, 3.8) is 0 Å². The molecule has 3 fully saturated rings. The van der Waals surface area contributed by atoms with Gasteiger partial charge in [0.15, 0.2) is 0 Å². The highest BCUT2D eigenvalue weighted by Crippen LogP contribution is 2.59. The Bertz CT molecular complexity index is 312. The van der Waals surface area contributed by atoms with Gasteiger partial charge in [0.05, 0.1) is 11.7 Å². The van der Waals surface area contributed by atoms with Crippen molar-refractivity contribution in [2.45, 2.75) is 64.6 Å². The third-order valence-electron chi connectivity index (χ3n) is 5.91. The molecule has 1 aliphatic heterocycles. The molecule has 0 aromatic rings. The number of epoxide rings is 1. The molecule has 17 heavy (non-hydrogen) atoms. The predicted octanol–water partition coefficient (Wildman–Crippen LogP) is 2.99. The van der Waals surface area contributed by atoms with Gasteiger partial charge in [-0.3, -0.25) is 0 Å². The maximum atomic E-state index is 9.62. The van der Waals surface area contributed by atoms with E-state index in [2.05, 4.69) is 20.8 Å². The first-order valence-corrected chi connectivity index (χ1v) is 7.25. The predicted molar refractivity (Wildman–Crippen MR) is 67.7 cm³/mol. The van der Waals surface area contributed by atoms with Crippen LogP contribution in [0.3, 0.4) is 0 Å². The van der Waals surface area contributed by atoms with Crippen molar-refractivity contribution in [1.29, 1.82) is 0 Å². The van der Waals surface area contributed by atoms with E-state index in [0.717, 1.165) is 24.7 Å². The number of aliphatic hydroxyl groups is 1. The Morgan fingerprint density at radius 3 is 2.59 bits per heavy atom. The van der Waals surface area contributed by atoms with Crippen molar-refractivity contribution in [3.8, 4) is 0 Å². The van der Waals surface area contributed by atoms with E-state index < -0.39 is 0 Å². The van der Waals surface area contributed by atoms with E-state index >= 15 is 0 Å². The van der Waals surface area contributed by atoms with Crippen molar-refractivity contribution in [2.24, 2.45) is 23.2 Å². The van der Waals surface area contributed by atoms with Crippen LogP contribution in [0.25, 0.3) is 0 Å². The molecule has 3 aliphatic rings. The molecule has 1 N–H and O–H groups in total. The van der Waals surface area contributed by atoms with Crippen LogP contribution >= 0.6 is 0 Å². The monoisotopic (exact) mass is 238 g/mol. The van der Waals surface area contributed by atoms with Crippen LogP contribution < -0.4 is 0 Å². The van der Waals surface area contributed by atoms with E-state index in [1.807, 2.05) is 0 Å². The Hall–Kier alpha value is -0.0800. The second kappa shape index (κ2) is 3.71. The number of rotatable bonds is 1. The summed E-state index contributed by atoms with van der Waals surface area (Å²) < 4.78 is 5.87. The lowest BCUT2D eigenvalue weighted by molar-refractivity contribution is -0.0692. The third-order valence-corrected chi connectivity index (χ3v) is 5.91. The van der Waals surface area contributed by atoms with Gasteiger partial charge in [0.25, 0.3) is 0 Å². The molecule has 0 aromatic heterocycles. The lowest BCUT2D eigenvalue weighted by atomic mass is 9.51. The molecule has 0 bridgehead atoms. The molecule has 0 unspecified atom stereocenters. The van der Waals surface area contributed by atoms with Crippen LogP contribution in [-0.4, -0.2) is 23.4 Å². The van der Waals surface area contributed by atoms with Crippen LogP contribution in [0, 0.1) is 23.2 Å². The molecule has 2 heteroatoms. The van der Waals surface area contributed by atoms with Crippen molar-refractivity contribution >= 4 is 0 Å². The summed E-state index contributed by atoms with van der Waals surface area (Å²) in [7, 11) is 0. The van der Waals surface area contributed by atoms with Crippen LogP contribution in [0.4, 0.5) is 0 Å². The van der Waals surface area contributed by atoms with Crippen molar-refractivity contribution in [1.82, 2.24) is 0 Å². The highest BCUT2D eigenvalue weighted by atomic mass is 16.6. The maximum absolute atomic E-state index is 9.62. The lowest BCUT2D eigenvalue weighted by Crippen LogP contribution is -2.48. The van der Waals surface area contributed by atoms with E-state index in [9.17, 15) is 5.11 Å². The molecule has 98 valence electrons. The summed E-state index contributed by atoms with van der Waals surface area (Å²) in [6, 6.07) is 0. The zero-order valence-corrected chi connectivity index (χ0v) is 11.4. The van der Waals surface area contributed by atoms with Gasteiger partial charge < -0.3 is 9.84 Å². The minimum Gasteiger partial charge on any atom is -0.396 e. The topological polar surface area (TPSA) is 32.8 Å². The summed E-state index contributed by atoms with van der Waals surface area (Å²) in [5.74, 6) is 2.11. The summed E-state index contributed by atoms with van der Waals surface area (Å²) in [6.07, 6.45) is 6.63. The smallest absolute Gasteiger partial charge is 0.0920 e. The van der Waals surface area contributed by atoms with E-state index in [1.165, 1.54) is 19.3 Å². The number of hydrogen-bond acceptors (Lipinski definition) is 2. The Labute approximate surface area is 105 Å². The van der Waals surface area contributed by atoms with Gasteiger partial charge >= 0.3 is 0 Å². The maximum Gasteiger partial charge on any atom is 0.0920 e. The number of aliphatic hydroxyl groups excluding tert-OH is 1. The Morgan fingerprint density at radius 1 is 1.18 bits per heavy atom. The molecule has 3 rings (SSSR count). The van der Waals surface area contributed by atoms with E-state index in [4.69, 9.17) is 4.74 Å². The average Bonchev–Trinajstić information content (AvgIpc) is 2.87. The molecule has 2 saturated carbocycles. The molecule has 0 amide bonds. The van der Waals surface area contributed by atoms with Crippen molar-refractivity contribution < 1.29 is 9.84 Å². The fraction of sp³-hybridized carbons (Fsp3) is 1.00. The summed E-state index contributed by atoms with van der Waals surface area (Å²) in [6.45, 7) is 7.44. The second-order valence-corrected chi connectivity index (χ2v) is 7.44. The van der Waals surface area contributed by atoms with E-state index in [-0.39, 0.29) is 5.60 Å². The van der Waals surface area contributed by atoms with Gasteiger partial charge in [-0.1, -0.05) is 13.8 Å². The van der Waals surface area contributed by atoms with E-state index in [1.54, 1.807) is 0 Å². The number of ether oxygens (including phenoxy) is 1. The first-order valence-electron chi connectivity index (χ1n) is 7.25. The van der Waals surface area contributed by atoms with Gasteiger partial charge in [0, 0.05) is 6.61 Å². The summed E-state index contributed by atoms with van der Waals surface area (Å²) in [5, 5.41) is 9.62. The first kappa shape index (κ1) is 12.0. The molecule has 2 aliphatic carbocycles. The third kappa shape index (κ3) is 1.84.